The Labute approximate surface area is 111 Å². The standard InChI is InChI=1S/C12H21NO6/c14-5-12(6-15,7-16)13-10(17)8-3-1-2-4-9(8)11(18)19/h8-9,14-16H,1-7H2,(H,13,17)(H,18,19)/t8-,9+/m1/s1. The first-order valence-corrected chi connectivity index (χ1v) is 6.37. The van der Waals surface area contributed by atoms with E-state index in [1.165, 1.54) is 0 Å². The summed E-state index contributed by atoms with van der Waals surface area (Å²) in [5, 5.41) is 38.9. The minimum atomic E-state index is -1.50. The Bertz CT molecular complexity index is 320. The number of hydrogen-bond acceptors (Lipinski definition) is 5. The molecular formula is C12H21NO6. The maximum absolute atomic E-state index is 12.1. The molecule has 7 heteroatoms. The highest BCUT2D eigenvalue weighted by Gasteiger charge is 2.39. The van der Waals surface area contributed by atoms with Crippen molar-refractivity contribution < 1.29 is 30.0 Å². The quantitative estimate of drug-likeness (QED) is 0.410. The van der Waals surface area contributed by atoms with Crippen LogP contribution < -0.4 is 5.32 Å². The topological polar surface area (TPSA) is 127 Å². The lowest BCUT2D eigenvalue weighted by molar-refractivity contribution is -0.149. The average molecular weight is 275 g/mol. The van der Waals surface area contributed by atoms with Gasteiger partial charge in [-0.2, -0.15) is 0 Å². The first kappa shape index (κ1) is 15.9. The fourth-order valence-electron chi connectivity index (χ4n) is 2.36. The zero-order valence-electron chi connectivity index (χ0n) is 10.7. The van der Waals surface area contributed by atoms with Gasteiger partial charge in [0.1, 0.15) is 5.54 Å². The first-order chi connectivity index (χ1) is 8.99. The van der Waals surface area contributed by atoms with Crippen molar-refractivity contribution in [3.63, 3.8) is 0 Å². The van der Waals surface area contributed by atoms with Crippen molar-refractivity contribution in [3.8, 4) is 0 Å². The van der Waals surface area contributed by atoms with E-state index in [2.05, 4.69) is 5.32 Å². The van der Waals surface area contributed by atoms with Crippen molar-refractivity contribution in [2.24, 2.45) is 11.8 Å². The van der Waals surface area contributed by atoms with Crippen LogP contribution in [-0.4, -0.2) is 57.7 Å². The van der Waals surface area contributed by atoms with Crippen LogP contribution in [0.4, 0.5) is 0 Å². The van der Waals surface area contributed by atoms with Gasteiger partial charge in [-0.3, -0.25) is 9.59 Å². The summed E-state index contributed by atoms with van der Waals surface area (Å²) in [6.07, 6.45) is 2.44. The molecule has 1 fully saturated rings. The number of aliphatic hydroxyl groups excluding tert-OH is 3. The van der Waals surface area contributed by atoms with Crippen molar-refractivity contribution in [2.45, 2.75) is 31.2 Å². The summed E-state index contributed by atoms with van der Waals surface area (Å²) in [5.74, 6) is -2.98. The SMILES string of the molecule is O=C(O)[C@H]1CCCC[C@H]1C(=O)NC(CO)(CO)CO. The number of aliphatic hydroxyl groups is 3. The van der Waals surface area contributed by atoms with Gasteiger partial charge in [0, 0.05) is 0 Å². The van der Waals surface area contributed by atoms with Crippen LogP contribution in [0.1, 0.15) is 25.7 Å². The average Bonchev–Trinajstić information content (AvgIpc) is 2.44. The molecule has 0 unspecified atom stereocenters. The van der Waals surface area contributed by atoms with Gasteiger partial charge in [0.15, 0.2) is 0 Å². The predicted octanol–water partition coefficient (Wildman–Crippen LogP) is -1.29. The van der Waals surface area contributed by atoms with Crippen LogP contribution in [0.25, 0.3) is 0 Å². The van der Waals surface area contributed by atoms with Crippen LogP contribution in [0.15, 0.2) is 0 Å². The molecule has 1 saturated carbocycles. The van der Waals surface area contributed by atoms with E-state index < -0.39 is 49.1 Å². The Morgan fingerprint density at radius 3 is 1.89 bits per heavy atom. The normalized spacial score (nSPS) is 23.9. The van der Waals surface area contributed by atoms with Gasteiger partial charge >= 0.3 is 5.97 Å². The van der Waals surface area contributed by atoms with Crippen LogP contribution in [-0.2, 0) is 9.59 Å². The highest BCUT2D eigenvalue weighted by molar-refractivity contribution is 5.85. The summed E-state index contributed by atoms with van der Waals surface area (Å²) < 4.78 is 0. The molecule has 1 aliphatic carbocycles. The van der Waals surface area contributed by atoms with Gasteiger partial charge in [0.25, 0.3) is 0 Å². The van der Waals surface area contributed by atoms with E-state index in [9.17, 15) is 9.59 Å². The third kappa shape index (κ3) is 3.65. The Kier molecular flexibility index (Phi) is 5.71. The molecule has 1 aliphatic rings. The van der Waals surface area contributed by atoms with Crippen molar-refractivity contribution >= 4 is 11.9 Å². The Hall–Kier alpha value is -1.18. The number of hydrogen-bond donors (Lipinski definition) is 5. The molecule has 1 amide bonds. The molecule has 0 bridgehead atoms. The molecule has 2 atom stereocenters. The van der Waals surface area contributed by atoms with E-state index in [1.807, 2.05) is 0 Å². The summed E-state index contributed by atoms with van der Waals surface area (Å²) >= 11 is 0. The highest BCUT2D eigenvalue weighted by Crippen LogP contribution is 2.30. The Morgan fingerprint density at radius 2 is 1.47 bits per heavy atom. The second kappa shape index (κ2) is 6.83. The first-order valence-electron chi connectivity index (χ1n) is 6.37. The van der Waals surface area contributed by atoms with Gasteiger partial charge in [-0.15, -0.1) is 0 Å². The predicted molar refractivity (Wildman–Crippen MR) is 65.2 cm³/mol. The lowest BCUT2D eigenvalue weighted by atomic mass is 9.78. The third-order valence-corrected chi connectivity index (χ3v) is 3.72. The molecule has 0 heterocycles. The number of carbonyl (C=O) groups excluding carboxylic acids is 1. The molecule has 0 saturated heterocycles. The van der Waals surface area contributed by atoms with Gasteiger partial charge in [-0.05, 0) is 12.8 Å². The molecule has 1 rings (SSSR count). The minimum Gasteiger partial charge on any atom is -0.481 e. The van der Waals surface area contributed by atoms with Crippen LogP contribution in [0, 0.1) is 11.8 Å². The summed E-state index contributed by atoms with van der Waals surface area (Å²) in [5.41, 5.74) is -1.50. The molecule has 7 nitrogen and oxygen atoms in total. The Morgan fingerprint density at radius 1 is 1.00 bits per heavy atom. The van der Waals surface area contributed by atoms with Crippen molar-refractivity contribution in [1.82, 2.24) is 5.32 Å². The molecule has 110 valence electrons. The molecule has 0 aliphatic heterocycles. The number of rotatable bonds is 6. The van der Waals surface area contributed by atoms with Crippen molar-refractivity contribution in [3.05, 3.63) is 0 Å². The fourth-order valence-corrected chi connectivity index (χ4v) is 2.36. The lowest BCUT2D eigenvalue weighted by Gasteiger charge is -2.33. The molecule has 0 spiro atoms. The number of aliphatic carboxylic acids is 1. The van der Waals surface area contributed by atoms with E-state index in [4.69, 9.17) is 20.4 Å². The van der Waals surface area contributed by atoms with E-state index in [-0.39, 0.29) is 0 Å². The lowest BCUT2D eigenvalue weighted by Crippen LogP contribution is -2.59. The minimum absolute atomic E-state index is 0.442. The molecule has 19 heavy (non-hydrogen) atoms. The number of carboxylic acids is 1. The van der Waals surface area contributed by atoms with E-state index in [0.717, 1.165) is 12.8 Å². The van der Waals surface area contributed by atoms with Crippen LogP contribution in [0.5, 0.6) is 0 Å². The van der Waals surface area contributed by atoms with Crippen molar-refractivity contribution in [1.29, 1.82) is 0 Å². The van der Waals surface area contributed by atoms with E-state index in [1.54, 1.807) is 0 Å². The third-order valence-electron chi connectivity index (χ3n) is 3.72. The van der Waals surface area contributed by atoms with Gasteiger partial charge in [0.2, 0.25) is 5.91 Å². The zero-order chi connectivity index (χ0) is 14.5. The van der Waals surface area contributed by atoms with Crippen molar-refractivity contribution in [2.75, 3.05) is 19.8 Å². The zero-order valence-corrected chi connectivity index (χ0v) is 10.7. The second-order valence-corrected chi connectivity index (χ2v) is 5.08. The number of carboxylic acid groups (broad SMARTS) is 1. The summed E-state index contributed by atoms with van der Waals surface area (Å²) in [6.45, 7) is -1.84. The van der Waals surface area contributed by atoms with E-state index in [0.29, 0.717) is 12.8 Å². The number of nitrogens with one attached hydrogen (secondary N) is 1. The molecule has 0 aromatic rings. The largest absolute Gasteiger partial charge is 0.481 e. The van der Waals surface area contributed by atoms with E-state index >= 15 is 0 Å². The number of carbonyl (C=O) groups is 2. The van der Waals surface area contributed by atoms with Gasteiger partial charge in [-0.25, -0.2) is 0 Å². The van der Waals surface area contributed by atoms with Gasteiger partial charge in [0.05, 0.1) is 31.7 Å². The van der Waals surface area contributed by atoms with Crippen LogP contribution >= 0.6 is 0 Å². The summed E-state index contributed by atoms with van der Waals surface area (Å²) in [6, 6.07) is 0. The summed E-state index contributed by atoms with van der Waals surface area (Å²) in [7, 11) is 0. The molecule has 0 aromatic carbocycles. The second-order valence-electron chi connectivity index (χ2n) is 5.08. The maximum atomic E-state index is 12.1. The molecule has 5 N–H and O–H groups in total. The molecular weight excluding hydrogens is 254 g/mol. The van der Waals surface area contributed by atoms with Gasteiger partial charge < -0.3 is 25.7 Å². The fraction of sp³-hybridized carbons (Fsp3) is 0.833. The monoisotopic (exact) mass is 275 g/mol. The molecule has 0 aromatic heterocycles. The maximum Gasteiger partial charge on any atom is 0.307 e. The summed E-state index contributed by atoms with van der Waals surface area (Å²) in [4.78, 5) is 23.2. The Balaban J connectivity index is 2.77. The van der Waals surface area contributed by atoms with Crippen LogP contribution in [0.2, 0.25) is 0 Å². The smallest absolute Gasteiger partial charge is 0.307 e. The van der Waals surface area contributed by atoms with Gasteiger partial charge in [-0.1, -0.05) is 12.8 Å². The number of amides is 1. The highest BCUT2D eigenvalue weighted by atomic mass is 16.4. The van der Waals surface area contributed by atoms with Crippen LogP contribution in [0.3, 0.4) is 0 Å². The molecule has 0 radical (unpaired) electrons.